The van der Waals surface area contributed by atoms with E-state index >= 15 is 0 Å². The van der Waals surface area contributed by atoms with Crippen molar-refractivity contribution in [1.82, 2.24) is 0 Å². The van der Waals surface area contributed by atoms with Crippen molar-refractivity contribution in [2.24, 2.45) is 0 Å². The minimum absolute atomic E-state index is 0.217. The van der Waals surface area contributed by atoms with Gasteiger partial charge in [0.1, 0.15) is 0 Å². The SMILES string of the molecule is C[C@@H](OC(=O)c1cc(Cl)cc(Cl)c1)C(=O)N1CCc2ccccc21. The number of rotatable bonds is 3. The number of esters is 1. The van der Waals surface area contributed by atoms with E-state index in [-0.39, 0.29) is 11.5 Å². The second-order valence-electron chi connectivity index (χ2n) is 5.57. The highest BCUT2D eigenvalue weighted by Crippen LogP contribution is 2.28. The van der Waals surface area contributed by atoms with Gasteiger partial charge in [-0.1, -0.05) is 41.4 Å². The minimum atomic E-state index is -0.901. The average molecular weight is 364 g/mol. The summed E-state index contributed by atoms with van der Waals surface area (Å²) in [5.74, 6) is -0.880. The van der Waals surface area contributed by atoms with E-state index in [0.717, 1.165) is 17.7 Å². The summed E-state index contributed by atoms with van der Waals surface area (Å²) in [4.78, 5) is 26.5. The molecule has 0 bridgehead atoms. The Balaban J connectivity index is 1.72. The van der Waals surface area contributed by atoms with E-state index in [2.05, 4.69) is 0 Å². The molecule has 1 heterocycles. The van der Waals surface area contributed by atoms with Gasteiger partial charge in [0, 0.05) is 22.3 Å². The number of hydrogen-bond acceptors (Lipinski definition) is 3. The van der Waals surface area contributed by atoms with Gasteiger partial charge in [0.2, 0.25) is 0 Å². The van der Waals surface area contributed by atoms with Crippen LogP contribution in [0.15, 0.2) is 42.5 Å². The molecule has 1 amide bonds. The van der Waals surface area contributed by atoms with E-state index in [9.17, 15) is 9.59 Å². The van der Waals surface area contributed by atoms with Gasteiger partial charge in [0.05, 0.1) is 5.56 Å². The Kier molecular flexibility index (Phi) is 4.78. The molecule has 6 heteroatoms. The van der Waals surface area contributed by atoms with E-state index in [1.807, 2.05) is 24.3 Å². The zero-order valence-electron chi connectivity index (χ0n) is 13.0. The van der Waals surface area contributed by atoms with Crippen LogP contribution >= 0.6 is 23.2 Å². The van der Waals surface area contributed by atoms with Crippen molar-refractivity contribution in [3.63, 3.8) is 0 Å². The number of ether oxygens (including phenoxy) is 1. The summed E-state index contributed by atoms with van der Waals surface area (Å²) in [6, 6.07) is 12.2. The molecule has 24 heavy (non-hydrogen) atoms. The van der Waals surface area contributed by atoms with E-state index in [1.165, 1.54) is 18.2 Å². The van der Waals surface area contributed by atoms with Gasteiger partial charge in [-0.3, -0.25) is 4.79 Å². The van der Waals surface area contributed by atoms with Gasteiger partial charge in [-0.15, -0.1) is 0 Å². The average Bonchev–Trinajstić information content (AvgIpc) is 2.97. The maximum Gasteiger partial charge on any atom is 0.339 e. The van der Waals surface area contributed by atoms with Crippen molar-refractivity contribution in [1.29, 1.82) is 0 Å². The van der Waals surface area contributed by atoms with Gasteiger partial charge in [-0.2, -0.15) is 0 Å². The van der Waals surface area contributed by atoms with Crippen LogP contribution in [0.1, 0.15) is 22.8 Å². The summed E-state index contributed by atoms with van der Waals surface area (Å²) in [5.41, 5.74) is 2.20. The van der Waals surface area contributed by atoms with Crippen LogP contribution < -0.4 is 4.90 Å². The molecule has 124 valence electrons. The highest BCUT2D eigenvalue weighted by atomic mass is 35.5. The van der Waals surface area contributed by atoms with Crippen LogP contribution in [0.5, 0.6) is 0 Å². The van der Waals surface area contributed by atoms with E-state index in [0.29, 0.717) is 16.6 Å². The lowest BCUT2D eigenvalue weighted by Crippen LogP contribution is -2.39. The standard InChI is InChI=1S/C18H15Cl2NO3/c1-11(24-18(23)13-8-14(19)10-15(20)9-13)17(22)21-7-6-12-4-2-3-5-16(12)21/h2-5,8-11H,6-7H2,1H3/t11-/m1/s1. The molecule has 0 saturated carbocycles. The van der Waals surface area contributed by atoms with Gasteiger partial charge in [0.25, 0.3) is 5.91 Å². The number of carbonyl (C=O) groups excluding carboxylic acids is 2. The lowest BCUT2D eigenvalue weighted by atomic mass is 10.2. The first-order chi connectivity index (χ1) is 11.5. The van der Waals surface area contributed by atoms with E-state index in [1.54, 1.807) is 11.8 Å². The third-order valence-electron chi connectivity index (χ3n) is 3.88. The Hall–Kier alpha value is -2.04. The summed E-state index contributed by atoms with van der Waals surface area (Å²) in [5, 5.41) is 0.670. The lowest BCUT2D eigenvalue weighted by molar-refractivity contribution is -0.126. The molecule has 3 rings (SSSR count). The van der Waals surface area contributed by atoms with Crippen molar-refractivity contribution in [3.05, 3.63) is 63.6 Å². The summed E-state index contributed by atoms with van der Waals surface area (Å²) in [6.45, 7) is 2.15. The summed E-state index contributed by atoms with van der Waals surface area (Å²) in [7, 11) is 0. The number of amides is 1. The number of halogens is 2. The monoisotopic (exact) mass is 363 g/mol. The fourth-order valence-electron chi connectivity index (χ4n) is 2.74. The Morgan fingerprint density at radius 3 is 2.50 bits per heavy atom. The molecule has 0 aliphatic carbocycles. The molecular formula is C18H15Cl2NO3. The second-order valence-corrected chi connectivity index (χ2v) is 6.45. The number of hydrogen-bond donors (Lipinski definition) is 0. The van der Waals surface area contributed by atoms with Crippen LogP contribution in [-0.4, -0.2) is 24.5 Å². The number of anilines is 1. The lowest BCUT2D eigenvalue weighted by Gasteiger charge is -2.21. The molecular weight excluding hydrogens is 349 g/mol. The number of benzene rings is 2. The molecule has 2 aromatic rings. The Morgan fingerprint density at radius 2 is 1.79 bits per heavy atom. The van der Waals surface area contributed by atoms with Gasteiger partial charge < -0.3 is 9.64 Å². The molecule has 1 aliphatic rings. The van der Waals surface area contributed by atoms with Crippen molar-refractivity contribution in [2.75, 3.05) is 11.4 Å². The van der Waals surface area contributed by atoms with Crippen LogP contribution in [0.25, 0.3) is 0 Å². The van der Waals surface area contributed by atoms with Crippen molar-refractivity contribution >= 4 is 40.8 Å². The molecule has 1 aliphatic heterocycles. The van der Waals surface area contributed by atoms with Crippen LogP contribution in [0.2, 0.25) is 10.0 Å². The largest absolute Gasteiger partial charge is 0.449 e. The Morgan fingerprint density at radius 1 is 1.12 bits per heavy atom. The predicted molar refractivity (Wildman–Crippen MR) is 93.8 cm³/mol. The number of carbonyl (C=O) groups is 2. The fraction of sp³-hybridized carbons (Fsp3) is 0.222. The molecule has 0 aromatic heterocycles. The zero-order chi connectivity index (χ0) is 17.3. The van der Waals surface area contributed by atoms with Crippen LogP contribution in [0.4, 0.5) is 5.69 Å². The van der Waals surface area contributed by atoms with Gasteiger partial charge in [-0.05, 0) is 43.2 Å². The van der Waals surface area contributed by atoms with Gasteiger partial charge in [-0.25, -0.2) is 4.79 Å². The van der Waals surface area contributed by atoms with Crippen molar-refractivity contribution in [3.8, 4) is 0 Å². The summed E-state index contributed by atoms with van der Waals surface area (Å²) >= 11 is 11.8. The van der Waals surface area contributed by atoms with Crippen LogP contribution in [-0.2, 0) is 16.0 Å². The molecule has 0 fully saturated rings. The number of para-hydroxylation sites is 1. The molecule has 0 spiro atoms. The van der Waals surface area contributed by atoms with Crippen molar-refractivity contribution < 1.29 is 14.3 Å². The first-order valence-electron chi connectivity index (χ1n) is 7.52. The van der Waals surface area contributed by atoms with Crippen LogP contribution in [0, 0.1) is 0 Å². The smallest absolute Gasteiger partial charge is 0.339 e. The fourth-order valence-corrected chi connectivity index (χ4v) is 3.26. The van der Waals surface area contributed by atoms with Crippen LogP contribution in [0.3, 0.4) is 0 Å². The van der Waals surface area contributed by atoms with E-state index in [4.69, 9.17) is 27.9 Å². The maximum atomic E-state index is 12.6. The molecule has 0 unspecified atom stereocenters. The molecule has 2 aromatic carbocycles. The highest BCUT2D eigenvalue weighted by molar-refractivity contribution is 6.35. The number of nitrogens with zero attached hydrogens (tertiary/aromatic N) is 1. The zero-order valence-corrected chi connectivity index (χ0v) is 14.5. The maximum absolute atomic E-state index is 12.6. The molecule has 0 N–H and O–H groups in total. The Labute approximate surface area is 149 Å². The quantitative estimate of drug-likeness (QED) is 0.770. The summed E-state index contributed by atoms with van der Waals surface area (Å²) < 4.78 is 5.29. The first-order valence-corrected chi connectivity index (χ1v) is 8.27. The molecule has 0 radical (unpaired) electrons. The Bertz CT molecular complexity index is 786. The van der Waals surface area contributed by atoms with E-state index < -0.39 is 12.1 Å². The molecule has 1 atom stereocenters. The summed E-state index contributed by atoms with van der Waals surface area (Å²) in [6.07, 6.45) is -0.103. The molecule has 4 nitrogen and oxygen atoms in total. The first kappa shape index (κ1) is 16.8. The second kappa shape index (κ2) is 6.83. The van der Waals surface area contributed by atoms with Gasteiger partial charge >= 0.3 is 5.97 Å². The minimum Gasteiger partial charge on any atom is -0.449 e. The number of fused-ring (bicyclic) bond motifs is 1. The topological polar surface area (TPSA) is 46.6 Å². The predicted octanol–water partition coefficient (Wildman–Crippen LogP) is 4.13. The normalized spacial score (nSPS) is 14.2. The molecule has 0 saturated heterocycles. The van der Waals surface area contributed by atoms with Gasteiger partial charge in [0.15, 0.2) is 6.10 Å². The third kappa shape index (κ3) is 3.40. The highest BCUT2D eigenvalue weighted by Gasteiger charge is 2.30. The van der Waals surface area contributed by atoms with Crippen molar-refractivity contribution in [2.45, 2.75) is 19.4 Å². The third-order valence-corrected chi connectivity index (χ3v) is 4.32.